The Hall–Kier alpha value is -1.63. The summed E-state index contributed by atoms with van der Waals surface area (Å²) in [7, 11) is -2.94. The van der Waals surface area contributed by atoms with Crippen molar-refractivity contribution in [2.24, 2.45) is 0 Å². The zero-order valence-corrected chi connectivity index (χ0v) is 15.6. The lowest BCUT2D eigenvalue weighted by atomic mass is 9.95. The molecule has 0 aromatic carbocycles. The average Bonchev–Trinajstić information content (AvgIpc) is 2.96. The van der Waals surface area contributed by atoms with Crippen LogP contribution in [0.5, 0.6) is 0 Å². The smallest absolute Gasteiger partial charge is 0.270 e. The van der Waals surface area contributed by atoms with Crippen LogP contribution in [-0.4, -0.2) is 49.4 Å². The van der Waals surface area contributed by atoms with Crippen molar-refractivity contribution in [3.05, 3.63) is 24.0 Å². The summed E-state index contributed by atoms with van der Waals surface area (Å²) in [6.45, 7) is 2.71. The highest BCUT2D eigenvalue weighted by Gasteiger charge is 2.32. The van der Waals surface area contributed by atoms with Crippen molar-refractivity contribution in [3.63, 3.8) is 0 Å². The molecule has 1 N–H and O–H groups in total. The standard InChI is InChI=1S/C18H27N3O3S/c1-2-21(16-9-11-25(23,24)13-16)15-8-10-19-17(12-15)18(22)20-14-6-4-3-5-7-14/h8,10,12,14,16H,2-7,9,11,13H2,1H3,(H,20,22). The number of nitrogens with one attached hydrogen (secondary N) is 1. The first kappa shape index (κ1) is 18.2. The van der Waals surface area contributed by atoms with Crippen molar-refractivity contribution < 1.29 is 13.2 Å². The molecule has 1 aromatic heterocycles. The number of hydrogen-bond acceptors (Lipinski definition) is 5. The number of rotatable bonds is 5. The summed E-state index contributed by atoms with van der Waals surface area (Å²) in [4.78, 5) is 18.8. The number of carbonyl (C=O) groups excluding carboxylic acids is 1. The van der Waals surface area contributed by atoms with Gasteiger partial charge in [-0.25, -0.2) is 8.42 Å². The van der Waals surface area contributed by atoms with Gasteiger partial charge in [0, 0.05) is 30.5 Å². The monoisotopic (exact) mass is 365 g/mol. The van der Waals surface area contributed by atoms with Crippen LogP contribution in [0.15, 0.2) is 18.3 Å². The predicted octanol–water partition coefficient (Wildman–Crippen LogP) is 2.16. The minimum absolute atomic E-state index is 0.0216. The summed E-state index contributed by atoms with van der Waals surface area (Å²) >= 11 is 0. The molecule has 1 atom stereocenters. The summed E-state index contributed by atoms with van der Waals surface area (Å²) in [6, 6.07) is 3.86. The summed E-state index contributed by atoms with van der Waals surface area (Å²) in [6.07, 6.45) is 7.92. The van der Waals surface area contributed by atoms with Crippen LogP contribution in [0.4, 0.5) is 5.69 Å². The molecule has 6 nitrogen and oxygen atoms in total. The van der Waals surface area contributed by atoms with E-state index in [2.05, 4.69) is 15.2 Å². The average molecular weight is 365 g/mol. The van der Waals surface area contributed by atoms with E-state index < -0.39 is 9.84 Å². The Morgan fingerprint density at radius 2 is 2.04 bits per heavy atom. The number of hydrogen-bond donors (Lipinski definition) is 1. The summed E-state index contributed by atoms with van der Waals surface area (Å²) in [5, 5.41) is 3.09. The molecule has 0 spiro atoms. The summed E-state index contributed by atoms with van der Waals surface area (Å²) < 4.78 is 23.6. The van der Waals surface area contributed by atoms with Gasteiger partial charge in [0.15, 0.2) is 9.84 Å². The number of pyridine rings is 1. The Labute approximate surface area is 149 Å². The Balaban J connectivity index is 1.72. The third kappa shape index (κ3) is 4.51. The Morgan fingerprint density at radius 1 is 1.28 bits per heavy atom. The van der Waals surface area contributed by atoms with Gasteiger partial charge in [0.25, 0.3) is 5.91 Å². The molecule has 2 heterocycles. The van der Waals surface area contributed by atoms with Crippen LogP contribution in [0.3, 0.4) is 0 Å². The largest absolute Gasteiger partial charge is 0.368 e. The van der Waals surface area contributed by atoms with Crippen LogP contribution in [0.2, 0.25) is 0 Å². The van der Waals surface area contributed by atoms with Crippen LogP contribution in [0, 0.1) is 0 Å². The maximum absolute atomic E-state index is 12.5. The van der Waals surface area contributed by atoms with Gasteiger partial charge in [-0.05, 0) is 38.3 Å². The normalized spacial score (nSPS) is 23.3. The van der Waals surface area contributed by atoms with E-state index in [1.54, 1.807) is 12.3 Å². The van der Waals surface area contributed by atoms with Crippen LogP contribution in [0.1, 0.15) is 55.9 Å². The molecule has 1 aromatic rings. The molecule has 1 aliphatic heterocycles. The lowest BCUT2D eigenvalue weighted by Gasteiger charge is -2.29. The minimum Gasteiger partial charge on any atom is -0.368 e. The lowest BCUT2D eigenvalue weighted by Crippen LogP contribution is -2.38. The van der Waals surface area contributed by atoms with Gasteiger partial charge in [-0.3, -0.25) is 9.78 Å². The number of sulfone groups is 1. The third-order valence-corrected chi connectivity index (χ3v) is 6.99. The number of amides is 1. The molecule has 2 aliphatic rings. The molecule has 138 valence electrons. The van der Waals surface area contributed by atoms with Crippen molar-refractivity contribution in [2.75, 3.05) is 23.0 Å². The second-order valence-corrected chi connectivity index (χ2v) is 9.28. The first-order chi connectivity index (χ1) is 12.0. The second kappa shape index (κ2) is 7.72. The van der Waals surface area contributed by atoms with Crippen molar-refractivity contribution in [1.29, 1.82) is 0 Å². The van der Waals surface area contributed by atoms with Crippen molar-refractivity contribution >= 4 is 21.4 Å². The molecule has 1 saturated heterocycles. The van der Waals surface area contributed by atoms with E-state index >= 15 is 0 Å². The van der Waals surface area contributed by atoms with Gasteiger partial charge in [0.1, 0.15) is 5.69 Å². The molecule has 25 heavy (non-hydrogen) atoms. The third-order valence-electron chi connectivity index (χ3n) is 5.24. The molecule has 2 fully saturated rings. The first-order valence-electron chi connectivity index (χ1n) is 9.22. The van der Waals surface area contributed by atoms with E-state index in [1.165, 1.54) is 6.42 Å². The van der Waals surface area contributed by atoms with Crippen LogP contribution >= 0.6 is 0 Å². The topological polar surface area (TPSA) is 79.4 Å². The van der Waals surface area contributed by atoms with E-state index in [0.29, 0.717) is 18.7 Å². The van der Waals surface area contributed by atoms with Gasteiger partial charge in [0.2, 0.25) is 0 Å². The maximum atomic E-state index is 12.5. The van der Waals surface area contributed by atoms with Crippen molar-refractivity contribution in [1.82, 2.24) is 10.3 Å². The first-order valence-corrected chi connectivity index (χ1v) is 11.0. The van der Waals surface area contributed by atoms with Gasteiger partial charge in [-0.2, -0.15) is 0 Å². The molecule has 3 rings (SSSR count). The number of carbonyl (C=O) groups is 1. The summed E-state index contributed by atoms with van der Waals surface area (Å²) in [5.74, 6) is 0.296. The molecular formula is C18H27N3O3S. The molecule has 0 radical (unpaired) electrons. The van der Waals surface area contributed by atoms with Gasteiger partial charge in [-0.15, -0.1) is 0 Å². The molecule has 1 saturated carbocycles. The fourth-order valence-corrected chi connectivity index (χ4v) is 5.63. The van der Waals surface area contributed by atoms with E-state index in [4.69, 9.17) is 0 Å². The highest BCUT2D eigenvalue weighted by molar-refractivity contribution is 7.91. The Morgan fingerprint density at radius 3 is 2.68 bits per heavy atom. The van der Waals surface area contributed by atoms with Crippen molar-refractivity contribution in [2.45, 2.75) is 57.5 Å². The molecule has 0 bridgehead atoms. The highest BCUT2D eigenvalue weighted by Crippen LogP contribution is 2.25. The second-order valence-electron chi connectivity index (χ2n) is 7.05. The van der Waals surface area contributed by atoms with E-state index in [9.17, 15) is 13.2 Å². The van der Waals surface area contributed by atoms with Gasteiger partial charge in [-0.1, -0.05) is 19.3 Å². The van der Waals surface area contributed by atoms with E-state index in [0.717, 1.165) is 31.4 Å². The lowest BCUT2D eigenvalue weighted by molar-refractivity contribution is 0.0922. The number of aromatic nitrogens is 1. The van der Waals surface area contributed by atoms with Crippen LogP contribution in [0.25, 0.3) is 0 Å². The Kier molecular flexibility index (Phi) is 5.61. The van der Waals surface area contributed by atoms with E-state index in [-0.39, 0.29) is 29.5 Å². The summed E-state index contributed by atoms with van der Waals surface area (Å²) in [5.41, 5.74) is 1.27. The van der Waals surface area contributed by atoms with Crippen LogP contribution < -0.4 is 10.2 Å². The number of anilines is 1. The quantitative estimate of drug-likeness (QED) is 0.865. The fraction of sp³-hybridized carbons (Fsp3) is 0.667. The SMILES string of the molecule is CCN(c1ccnc(C(=O)NC2CCCCC2)c1)C1CCS(=O)(=O)C1. The van der Waals surface area contributed by atoms with Gasteiger partial charge >= 0.3 is 0 Å². The van der Waals surface area contributed by atoms with Crippen LogP contribution in [-0.2, 0) is 9.84 Å². The zero-order chi connectivity index (χ0) is 17.9. The Bertz CT molecular complexity index is 714. The zero-order valence-electron chi connectivity index (χ0n) is 14.8. The molecule has 1 aliphatic carbocycles. The molecule has 1 unspecified atom stereocenters. The highest BCUT2D eigenvalue weighted by atomic mass is 32.2. The van der Waals surface area contributed by atoms with E-state index in [1.807, 2.05) is 13.0 Å². The van der Waals surface area contributed by atoms with Gasteiger partial charge in [0.05, 0.1) is 11.5 Å². The fourth-order valence-electron chi connectivity index (χ4n) is 3.90. The molecular weight excluding hydrogens is 338 g/mol. The predicted molar refractivity (Wildman–Crippen MR) is 98.7 cm³/mol. The molecule has 1 amide bonds. The van der Waals surface area contributed by atoms with Gasteiger partial charge < -0.3 is 10.2 Å². The molecule has 7 heteroatoms. The number of nitrogens with zero attached hydrogens (tertiary/aromatic N) is 2. The maximum Gasteiger partial charge on any atom is 0.270 e. The van der Waals surface area contributed by atoms with Crippen molar-refractivity contribution in [3.8, 4) is 0 Å². The minimum atomic E-state index is -2.94.